The first-order chi connectivity index (χ1) is 30.9. The minimum absolute atomic E-state index is 0. The molecule has 5 heteroatoms. The fourth-order valence-corrected chi connectivity index (χ4v) is 20.7. The normalized spacial score (nSPS) is 39.2. The van der Waals surface area contributed by atoms with Crippen LogP contribution in [0, 0.1) is 137 Å². The van der Waals surface area contributed by atoms with Gasteiger partial charge in [0.25, 0.3) is 0 Å². The van der Waals surface area contributed by atoms with Gasteiger partial charge >= 0.3 is 21.1 Å². The van der Waals surface area contributed by atoms with Crippen LogP contribution in [0.5, 0.6) is 0 Å². The van der Waals surface area contributed by atoms with Crippen molar-refractivity contribution in [2.75, 3.05) is 0 Å². The van der Waals surface area contributed by atoms with Gasteiger partial charge in [-0.05, 0) is 130 Å². The van der Waals surface area contributed by atoms with Crippen LogP contribution in [0.25, 0.3) is 11.1 Å². The average molecular weight is 1690 g/mol. The van der Waals surface area contributed by atoms with E-state index in [1.54, 1.807) is 16.7 Å². The summed E-state index contributed by atoms with van der Waals surface area (Å²) < 4.78 is 0. The molecule has 9 aliphatic rings. The molecule has 9 aliphatic carbocycles. The van der Waals surface area contributed by atoms with Gasteiger partial charge in [-0.25, -0.2) is 54.2 Å². The number of benzene rings is 1. The molecule has 2 radical (unpaired) electrons. The molecule has 2 aromatic rings. The van der Waals surface area contributed by atoms with E-state index in [0.29, 0.717) is 44.3 Å². The molecule has 0 aromatic heterocycles. The topological polar surface area (TPSA) is 0 Å². The summed E-state index contributed by atoms with van der Waals surface area (Å²) in [7, 11) is 0. The van der Waals surface area contributed by atoms with Gasteiger partial charge in [0.1, 0.15) is 0 Å². The molecule has 2 aromatic carbocycles. The fraction of sp³-hybridized carbons (Fsp3) is 0.687. The molecule has 0 unspecified atom stereocenters. The Hall–Kier alpha value is 2.04. The Morgan fingerprint density at radius 3 is 1.53 bits per heavy atom. The summed E-state index contributed by atoms with van der Waals surface area (Å²) >= 11 is 0. The summed E-state index contributed by atoms with van der Waals surface area (Å²) in [5, 5.41) is 0. The second-order valence-corrected chi connectivity index (χ2v) is 28.2. The molecule has 11 rings (SSSR count). The third-order valence-electron chi connectivity index (χ3n) is 24.8. The van der Waals surface area contributed by atoms with Gasteiger partial charge in [0, 0.05) is 118 Å². The van der Waals surface area contributed by atoms with Crippen molar-refractivity contribution in [2.24, 2.45) is 78.8 Å². The van der Waals surface area contributed by atoms with E-state index in [1.165, 1.54) is 125 Å². The quantitative estimate of drug-likeness (QED) is 0.269. The van der Waals surface area contributed by atoms with Crippen LogP contribution in [0.2, 0.25) is 0 Å². The number of aryl methyl sites for hydroxylation is 1. The Kier molecular flexibility index (Phi) is 21.4. The monoisotopic (exact) mass is 1690 g/mol. The van der Waals surface area contributed by atoms with Crippen molar-refractivity contribution in [3.63, 3.8) is 0 Å². The maximum Gasteiger partial charge on any atom is 2.00 e. The Morgan fingerprint density at radius 2 is 1.04 bits per heavy atom. The Bertz CT molecular complexity index is 2330. The van der Waals surface area contributed by atoms with Gasteiger partial charge in [-0.2, -0.15) is 28.3 Å². The molecule has 0 bridgehead atoms. The number of hydrogen-bond acceptors (Lipinski definition) is 0. The maximum atomic E-state index is 4.51. The molecule has 0 amide bonds. The van der Waals surface area contributed by atoms with Gasteiger partial charge in [-0.15, -0.1) is 12.8 Å². The summed E-state index contributed by atoms with van der Waals surface area (Å²) in [4.78, 5) is 0. The van der Waals surface area contributed by atoms with Crippen LogP contribution in [0.15, 0.2) is 70.8 Å². The fourth-order valence-electron chi connectivity index (χ4n) is 20.7. The molecule has 0 N–H and O–H groups in total. The second-order valence-electron chi connectivity index (χ2n) is 28.2. The van der Waals surface area contributed by atoms with Crippen molar-refractivity contribution in [1.82, 2.24) is 0 Å². The van der Waals surface area contributed by atoms with E-state index < -0.39 is 0 Å². The van der Waals surface area contributed by atoms with E-state index in [0.717, 1.165) is 35.5 Å². The van der Waals surface area contributed by atoms with E-state index in [1.807, 2.05) is 17.1 Å². The molecule has 5 saturated carbocycles. The predicted molar refractivity (Wildman–Crippen MR) is 289 cm³/mol. The van der Waals surface area contributed by atoms with E-state index in [9.17, 15) is 0 Å². The largest absolute Gasteiger partial charge is 2.00 e. The molecule has 12 atom stereocenters. The molecule has 0 heterocycles. The first-order valence-corrected chi connectivity index (χ1v) is 27.9. The maximum absolute atomic E-state index is 4.51. The third-order valence-corrected chi connectivity index (χ3v) is 24.8. The van der Waals surface area contributed by atoms with Crippen molar-refractivity contribution < 1.29 is 139 Å². The number of hydrogen-bond donors (Lipinski definition) is 0. The van der Waals surface area contributed by atoms with Gasteiger partial charge in [0.05, 0.1) is 0 Å². The van der Waals surface area contributed by atoms with Crippen LogP contribution in [0.3, 0.4) is 0 Å². The van der Waals surface area contributed by atoms with Crippen molar-refractivity contribution in [3.8, 4) is 11.1 Å². The zero-order valence-electron chi connectivity index (χ0n) is 48.4. The van der Waals surface area contributed by atoms with Crippen LogP contribution in [0.1, 0.15) is 222 Å². The minimum atomic E-state index is 0. The second kappa shape index (κ2) is 23.1. The molecule has 390 valence electrons. The van der Waals surface area contributed by atoms with Crippen molar-refractivity contribution in [2.45, 2.75) is 212 Å². The van der Waals surface area contributed by atoms with E-state index in [-0.39, 0.29) is 157 Å². The summed E-state index contributed by atoms with van der Waals surface area (Å²) in [5.41, 5.74) is 17.6. The molecule has 0 saturated heterocycles. The van der Waals surface area contributed by atoms with Gasteiger partial charge in [-0.3, -0.25) is 0 Å². The summed E-state index contributed by atoms with van der Waals surface area (Å²) in [6.45, 7) is 45.0. The Labute approximate surface area is 547 Å². The SMILES string of the molecule is [CH2-]C1=CC[C@]2(C)[C@H]3CC[C@@H]4C5=C(C(C)C)CC[C-]5CC[C@@]4(C)[C@]3(C)CC[C@H]2C1(C)C.[CH2-]C1=CC[C@]2(C)[C@H]3CC[C@@H]4c5c(C(C)C)c(-c6ccccc6)c[c-]5CC[C@@]4(C)[C@]3(C)CC[C@H]2C1(C)C.[CH3-].[U].[W+2].[W].[Y].[Y]. The van der Waals surface area contributed by atoms with Gasteiger partial charge < -0.3 is 7.43 Å². The Morgan fingerprint density at radius 1 is 0.569 bits per heavy atom. The van der Waals surface area contributed by atoms with Gasteiger partial charge in [-0.1, -0.05) is 183 Å². The van der Waals surface area contributed by atoms with E-state index >= 15 is 0 Å². The number of rotatable bonds is 3. The number of fused-ring (bicyclic) bond motifs is 14. The first-order valence-electron chi connectivity index (χ1n) is 27.9. The zero-order chi connectivity index (χ0) is 47.4. The predicted octanol–water partition coefficient (Wildman–Crippen LogP) is 19.4. The molecular formula is C67H97UW2Y2-3. The standard InChI is InChI=1S/C36H48.C30H46.CH3.U.2W.2Y/c1-23(2)31-27(25-12-10-9-11-13-25)22-26-17-20-35(7)28(32(26)31)14-15-30-34(6)19-16-24(3)33(4,5)29(34)18-21-36(30,35)8;1-19(2)22-10-9-21-14-17-29(7)23(26(21)22)11-12-25-28(6)16-13-20(3)27(4,5)24(28)15-18-30(25,29)8;;;;;;/h9-13,16,22-23,28-30H,3,14-15,17-21H2,1-2,4-8H3;13,19,23-25H,3,9-12,14-18H2,1-2,4-8H3;1H3;;;;;/q2*-2;-1;;;+2;;/t28-,29+,30-,34+,35-,36-;23-,24+,25-,28+,29-,30-;;;;;;/m11....../s1. The van der Waals surface area contributed by atoms with Crippen LogP contribution in [-0.2, 0) is 114 Å². The summed E-state index contributed by atoms with van der Waals surface area (Å²) in [6.07, 6.45) is 27.0. The minimum Gasteiger partial charge on any atom is -0.358 e. The zero-order valence-corrected chi connectivity index (χ0v) is 64.1. The molecule has 72 heavy (non-hydrogen) atoms. The summed E-state index contributed by atoms with van der Waals surface area (Å²) in [5.74, 6) is 7.92. The summed E-state index contributed by atoms with van der Waals surface area (Å²) in [6, 6.07) is 13.8. The molecule has 0 aliphatic heterocycles. The molecule has 0 nitrogen and oxygen atoms in total. The van der Waals surface area contributed by atoms with Gasteiger partial charge in [0.2, 0.25) is 0 Å². The van der Waals surface area contributed by atoms with E-state index in [2.05, 4.69) is 159 Å². The molecular weight excluding hydrogens is 1590 g/mol. The number of allylic oxidation sites excluding steroid dienone is 6. The van der Waals surface area contributed by atoms with Crippen LogP contribution in [-0.4, -0.2) is 0 Å². The molecule has 5 fully saturated rings. The molecule has 0 spiro atoms. The third kappa shape index (κ3) is 9.56. The Balaban J connectivity index is 0.000000292. The van der Waals surface area contributed by atoms with Crippen LogP contribution in [0.4, 0.5) is 0 Å². The first kappa shape index (κ1) is 66.5. The van der Waals surface area contributed by atoms with Crippen LogP contribution >= 0.6 is 0 Å². The van der Waals surface area contributed by atoms with Crippen molar-refractivity contribution in [1.29, 1.82) is 0 Å². The van der Waals surface area contributed by atoms with Gasteiger partial charge in [0.15, 0.2) is 0 Å². The van der Waals surface area contributed by atoms with Crippen LogP contribution < -0.4 is 0 Å². The van der Waals surface area contributed by atoms with Crippen molar-refractivity contribution >= 4 is 0 Å². The van der Waals surface area contributed by atoms with E-state index in [4.69, 9.17) is 0 Å². The smallest absolute Gasteiger partial charge is 0.358 e. The van der Waals surface area contributed by atoms with Crippen molar-refractivity contribution in [3.05, 3.63) is 115 Å². The average Bonchev–Trinajstić information content (AvgIpc) is 3.88.